The van der Waals surface area contributed by atoms with Crippen molar-refractivity contribution in [1.82, 2.24) is 0 Å². The standard InChI is InChI=1S/C20H30O4/c1-6-7-8-10-15(2)11-9-12-16(3)13-14-18-19(24-22-5)17(4)20(21)23-18/h6-7,11,13,18H,8-10,12,14H2,1-5H3/b7-6-,15-11+,16-13+. The highest BCUT2D eigenvalue weighted by Gasteiger charge is 2.33. The molecule has 134 valence electrons. The highest BCUT2D eigenvalue weighted by molar-refractivity contribution is 5.91. The first-order chi connectivity index (χ1) is 11.5. The molecule has 4 nitrogen and oxygen atoms in total. The summed E-state index contributed by atoms with van der Waals surface area (Å²) in [4.78, 5) is 21.4. The van der Waals surface area contributed by atoms with E-state index in [1.807, 2.05) is 0 Å². The summed E-state index contributed by atoms with van der Waals surface area (Å²) in [5.41, 5.74) is 3.19. The average Bonchev–Trinajstić information content (AvgIpc) is 2.81. The van der Waals surface area contributed by atoms with Gasteiger partial charge < -0.3 is 9.62 Å². The van der Waals surface area contributed by atoms with Crippen LogP contribution in [0.3, 0.4) is 0 Å². The summed E-state index contributed by atoms with van der Waals surface area (Å²) in [6.07, 6.45) is 13.2. The Bertz CT molecular complexity index is 538. The van der Waals surface area contributed by atoms with Crippen LogP contribution >= 0.6 is 0 Å². The van der Waals surface area contributed by atoms with Gasteiger partial charge in [-0.05, 0) is 53.4 Å². The number of carbonyl (C=O) groups is 1. The number of rotatable bonds is 10. The maximum Gasteiger partial charge on any atom is 0.338 e. The average molecular weight is 334 g/mol. The maximum atomic E-state index is 11.6. The van der Waals surface area contributed by atoms with Gasteiger partial charge in [-0.25, -0.2) is 4.79 Å². The molecular formula is C20H30O4. The Morgan fingerprint density at radius 1 is 1.17 bits per heavy atom. The van der Waals surface area contributed by atoms with Crippen LogP contribution in [0.15, 0.2) is 46.8 Å². The number of ether oxygens (including phenoxy) is 1. The molecule has 0 N–H and O–H groups in total. The second-order valence-electron chi connectivity index (χ2n) is 6.12. The van der Waals surface area contributed by atoms with Crippen LogP contribution in [-0.4, -0.2) is 19.2 Å². The summed E-state index contributed by atoms with van der Waals surface area (Å²) in [7, 11) is 1.42. The lowest BCUT2D eigenvalue weighted by Crippen LogP contribution is -2.12. The van der Waals surface area contributed by atoms with Crippen molar-refractivity contribution in [1.29, 1.82) is 0 Å². The minimum Gasteiger partial charge on any atom is -0.450 e. The predicted molar refractivity (Wildman–Crippen MR) is 96.1 cm³/mol. The van der Waals surface area contributed by atoms with Crippen LogP contribution in [0.4, 0.5) is 0 Å². The van der Waals surface area contributed by atoms with Gasteiger partial charge >= 0.3 is 5.97 Å². The number of carbonyl (C=O) groups excluding carboxylic acids is 1. The van der Waals surface area contributed by atoms with Crippen molar-refractivity contribution in [3.63, 3.8) is 0 Å². The first-order valence-electron chi connectivity index (χ1n) is 8.54. The Morgan fingerprint density at radius 3 is 2.50 bits per heavy atom. The summed E-state index contributed by atoms with van der Waals surface area (Å²) in [6, 6.07) is 0. The van der Waals surface area contributed by atoms with Crippen molar-refractivity contribution in [2.75, 3.05) is 7.11 Å². The van der Waals surface area contributed by atoms with Crippen LogP contribution < -0.4 is 0 Å². The summed E-state index contributed by atoms with van der Waals surface area (Å²) >= 11 is 0. The number of cyclic esters (lactones) is 1. The van der Waals surface area contributed by atoms with Crippen LogP contribution in [0.1, 0.15) is 59.8 Å². The molecule has 0 radical (unpaired) electrons. The summed E-state index contributed by atoms with van der Waals surface area (Å²) in [6.45, 7) is 8.03. The summed E-state index contributed by atoms with van der Waals surface area (Å²) in [5, 5.41) is 0. The minimum atomic E-state index is -0.384. The van der Waals surface area contributed by atoms with Crippen LogP contribution in [0.5, 0.6) is 0 Å². The molecule has 1 rings (SSSR count). The van der Waals surface area contributed by atoms with E-state index < -0.39 is 0 Å². The molecule has 0 saturated heterocycles. The van der Waals surface area contributed by atoms with Gasteiger partial charge in [0.05, 0.1) is 12.7 Å². The Balaban J connectivity index is 2.44. The lowest BCUT2D eigenvalue weighted by Gasteiger charge is -2.11. The molecule has 0 aromatic rings. The topological polar surface area (TPSA) is 44.8 Å². The maximum absolute atomic E-state index is 11.6. The van der Waals surface area contributed by atoms with Gasteiger partial charge in [0.1, 0.15) is 0 Å². The Labute approximate surface area is 145 Å². The fourth-order valence-corrected chi connectivity index (χ4v) is 2.51. The highest BCUT2D eigenvalue weighted by atomic mass is 17.2. The second-order valence-corrected chi connectivity index (χ2v) is 6.12. The van der Waals surface area contributed by atoms with Crippen LogP contribution in [0.2, 0.25) is 0 Å². The fraction of sp³-hybridized carbons (Fsp3) is 0.550. The highest BCUT2D eigenvalue weighted by Crippen LogP contribution is 2.26. The zero-order valence-electron chi connectivity index (χ0n) is 15.6. The molecule has 24 heavy (non-hydrogen) atoms. The third-order valence-corrected chi connectivity index (χ3v) is 4.04. The molecule has 0 saturated carbocycles. The molecule has 1 unspecified atom stereocenters. The van der Waals surface area contributed by atoms with Gasteiger partial charge in [0.2, 0.25) is 0 Å². The summed E-state index contributed by atoms with van der Waals surface area (Å²) in [5.74, 6) is 0.143. The normalized spacial score (nSPS) is 19.4. The second kappa shape index (κ2) is 10.9. The fourth-order valence-electron chi connectivity index (χ4n) is 2.51. The lowest BCUT2D eigenvalue weighted by molar-refractivity contribution is -0.246. The van der Waals surface area contributed by atoms with E-state index in [0.29, 0.717) is 17.8 Å². The summed E-state index contributed by atoms with van der Waals surface area (Å²) < 4.78 is 5.31. The number of esters is 1. The molecule has 1 aliphatic rings. The van der Waals surface area contributed by atoms with Crippen LogP contribution in [0, 0.1) is 0 Å². The Morgan fingerprint density at radius 2 is 1.83 bits per heavy atom. The molecular weight excluding hydrogens is 304 g/mol. The Hall–Kier alpha value is -1.81. The number of hydrogen-bond acceptors (Lipinski definition) is 4. The molecule has 0 aliphatic carbocycles. The van der Waals surface area contributed by atoms with Gasteiger partial charge in [-0.3, -0.25) is 0 Å². The van der Waals surface area contributed by atoms with Gasteiger partial charge in [0, 0.05) is 6.42 Å². The van der Waals surface area contributed by atoms with Crippen LogP contribution in [0.25, 0.3) is 0 Å². The first-order valence-corrected chi connectivity index (χ1v) is 8.54. The molecule has 0 amide bonds. The number of hydrogen-bond donors (Lipinski definition) is 0. The SMILES string of the molecule is C/C=C\CC/C(C)=C/CC/C(C)=C/CC1OC(=O)C(C)=C1OOC. The molecule has 0 aromatic heterocycles. The lowest BCUT2D eigenvalue weighted by atomic mass is 10.1. The van der Waals surface area contributed by atoms with Gasteiger partial charge in [-0.1, -0.05) is 35.5 Å². The first kappa shape index (κ1) is 20.2. The molecule has 1 atom stereocenters. The van der Waals surface area contributed by atoms with E-state index in [9.17, 15) is 4.79 Å². The van der Waals surface area contributed by atoms with Crippen LogP contribution in [-0.2, 0) is 19.3 Å². The number of allylic oxidation sites excluding steroid dienone is 5. The van der Waals surface area contributed by atoms with Crippen molar-refractivity contribution >= 4 is 5.97 Å². The van der Waals surface area contributed by atoms with Gasteiger partial charge in [0.25, 0.3) is 0 Å². The molecule has 4 heteroatoms. The van der Waals surface area contributed by atoms with Crippen molar-refractivity contribution in [3.05, 3.63) is 46.8 Å². The van der Waals surface area contributed by atoms with E-state index in [2.05, 4.69) is 50.0 Å². The van der Waals surface area contributed by atoms with E-state index in [1.54, 1.807) is 6.92 Å². The van der Waals surface area contributed by atoms with Gasteiger partial charge in [-0.15, -0.1) is 0 Å². The van der Waals surface area contributed by atoms with E-state index in [1.165, 1.54) is 18.3 Å². The van der Waals surface area contributed by atoms with Crippen molar-refractivity contribution in [3.8, 4) is 0 Å². The third kappa shape index (κ3) is 6.75. The quantitative estimate of drug-likeness (QED) is 0.239. The smallest absolute Gasteiger partial charge is 0.338 e. The predicted octanol–water partition coefficient (Wildman–Crippen LogP) is 5.18. The van der Waals surface area contributed by atoms with Crippen molar-refractivity contribution in [2.45, 2.75) is 65.9 Å². The van der Waals surface area contributed by atoms with E-state index in [-0.39, 0.29) is 12.1 Å². The largest absolute Gasteiger partial charge is 0.450 e. The zero-order chi connectivity index (χ0) is 17.9. The third-order valence-electron chi connectivity index (χ3n) is 4.04. The van der Waals surface area contributed by atoms with Crippen molar-refractivity contribution in [2.24, 2.45) is 0 Å². The van der Waals surface area contributed by atoms with E-state index in [0.717, 1.165) is 25.7 Å². The zero-order valence-corrected chi connectivity index (χ0v) is 15.6. The Kier molecular flexibility index (Phi) is 9.16. The monoisotopic (exact) mass is 334 g/mol. The van der Waals surface area contributed by atoms with Gasteiger partial charge in [0.15, 0.2) is 11.9 Å². The van der Waals surface area contributed by atoms with E-state index >= 15 is 0 Å². The molecule has 0 spiro atoms. The minimum absolute atomic E-state index is 0.335. The van der Waals surface area contributed by atoms with E-state index in [4.69, 9.17) is 9.62 Å². The molecule has 1 heterocycles. The molecule has 1 aliphatic heterocycles. The van der Waals surface area contributed by atoms with Gasteiger partial charge in [-0.2, -0.15) is 4.89 Å². The van der Waals surface area contributed by atoms with Crippen molar-refractivity contribution < 1.29 is 19.3 Å². The molecule has 0 aromatic carbocycles. The molecule has 0 bridgehead atoms. The molecule has 0 fully saturated rings.